The van der Waals surface area contributed by atoms with E-state index in [-0.39, 0.29) is 18.6 Å². The Bertz CT molecular complexity index is 511. The van der Waals surface area contributed by atoms with Crippen LogP contribution in [0.1, 0.15) is 15.9 Å². The van der Waals surface area contributed by atoms with Crippen molar-refractivity contribution < 1.29 is 9.53 Å². The molecule has 1 atom stereocenters. The van der Waals surface area contributed by atoms with Crippen molar-refractivity contribution in [2.75, 3.05) is 6.61 Å². The molecule has 0 unspecified atom stereocenters. The van der Waals surface area contributed by atoms with Crippen LogP contribution < -0.4 is 5.73 Å². The van der Waals surface area contributed by atoms with E-state index >= 15 is 0 Å². The maximum Gasteiger partial charge on any atom is 0.338 e. The molecule has 0 aliphatic heterocycles. The van der Waals surface area contributed by atoms with Gasteiger partial charge in [-0.05, 0) is 24.1 Å². The minimum Gasteiger partial charge on any atom is -0.460 e. The average Bonchev–Trinajstić information content (AvgIpc) is 2.47. The van der Waals surface area contributed by atoms with Crippen LogP contribution in [0.2, 0.25) is 0 Å². The smallest absolute Gasteiger partial charge is 0.338 e. The predicted molar refractivity (Wildman–Crippen MR) is 74.8 cm³/mol. The van der Waals surface area contributed by atoms with Crippen molar-refractivity contribution in [1.29, 1.82) is 0 Å². The van der Waals surface area contributed by atoms with E-state index in [1.165, 1.54) is 0 Å². The summed E-state index contributed by atoms with van der Waals surface area (Å²) in [7, 11) is 0. The molecule has 0 bridgehead atoms. The lowest BCUT2D eigenvalue weighted by Crippen LogP contribution is -2.30. The van der Waals surface area contributed by atoms with E-state index in [1.54, 1.807) is 24.3 Å². The Morgan fingerprint density at radius 1 is 1.00 bits per heavy atom. The number of rotatable bonds is 5. The Hall–Kier alpha value is -2.13. The SMILES string of the molecule is N[C@@H](COC(=O)c1ccccc1)Cc1ccccc1. The molecule has 2 N–H and O–H groups in total. The van der Waals surface area contributed by atoms with Gasteiger partial charge in [-0.15, -0.1) is 0 Å². The van der Waals surface area contributed by atoms with E-state index in [9.17, 15) is 4.79 Å². The molecule has 0 aromatic heterocycles. The van der Waals surface area contributed by atoms with E-state index < -0.39 is 0 Å². The number of hydrogen-bond donors (Lipinski definition) is 1. The lowest BCUT2D eigenvalue weighted by molar-refractivity contribution is 0.0481. The van der Waals surface area contributed by atoms with Gasteiger partial charge in [0.2, 0.25) is 0 Å². The van der Waals surface area contributed by atoms with E-state index in [0.29, 0.717) is 12.0 Å². The van der Waals surface area contributed by atoms with Gasteiger partial charge in [-0.2, -0.15) is 0 Å². The first-order valence-electron chi connectivity index (χ1n) is 6.27. The monoisotopic (exact) mass is 255 g/mol. The first kappa shape index (κ1) is 13.3. The third-order valence-electron chi connectivity index (χ3n) is 2.78. The van der Waals surface area contributed by atoms with Gasteiger partial charge in [0, 0.05) is 6.04 Å². The molecule has 0 aliphatic carbocycles. The molecular weight excluding hydrogens is 238 g/mol. The van der Waals surface area contributed by atoms with Gasteiger partial charge in [-0.3, -0.25) is 0 Å². The predicted octanol–water partition coefficient (Wildman–Crippen LogP) is 2.41. The van der Waals surface area contributed by atoms with Crippen LogP contribution in [-0.2, 0) is 11.2 Å². The minimum absolute atomic E-state index is 0.185. The molecule has 2 aromatic carbocycles. The Morgan fingerprint density at radius 2 is 1.58 bits per heavy atom. The number of carbonyl (C=O) groups is 1. The van der Waals surface area contributed by atoms with Crippen molar-refractivity contribution in [3.8, 4) is 0 Å². The average molecular weight is 255 g/mol. The van der Waals surface area contributed by atoms with Crippen molar-refractivity contribution in [3.05, 3.63) is 71.8 Å². The highest BCUT2D eigenvalue weighted by atomic mass is 16.5. The summed E-state index contributed by atoms with van der Waals surface area (Å²) >= 11 is 0. The number of hydrogen-bond acceptors (Lipinski definition) is 3. The largest absolute Gasteiger partial charge is 0.460 e. The summed E-state index contributed by atoms with van der Waals surface area (Å²) < 4.78 is 5.20. The molecule has 3 heteroatoms. The van der Waals surface area contributed by atoms with Crippen LogP contribution in [0.15, 0.2) is 60.7 Å². The Kier molecular flexibility index (Phi) is 4.70. The van der Waals surface area contributed by atoms with Crippen LogP contribution in [0.3, 0.4) is 0 Å². The van der Waals surface area contributed by atoms with Gasteiger partial charge in [0.15, 0.2) is 0 Å². The normalized spacial score (nSPS) is 11.8. The van der Waals surface area contributed by atoms with Crippen molar-refractivity contribution in [2.45, 2.75) is 12.5 Å². The van der Waals surface area contributed by atoms with E-state index in [4.69, 9.17) is 10.5 Å². The Labute approximate surface area is 113 Å². The molecule has 0 heterocycles. The molecular formula is C16H17NO2. The highest BCUT2D eigenvalue weighted by molar-refractivity contribution is 5.89. The molecule has 0 radical (unpaired) electrons. The van der Waals surface area contributed by atoms with E-state index in [1.807, 2.05) is 36.4 Å². The summed E-state index contributed by atoms with van der Waals surface area (Å²) in [6.07, 6.45) is 0.697. The highest BCUT2D eigenvalue weighted by Gasteiger charge is 2.10. The van der Waals surface area contributed by atoms with Crippen LogP contribution in [0.25, 0.3) is 0 Å². The summed E-state index contributed by atoms with van der Waals surface area (Å²) in [6, 6.07) is 18.7. The van der Waals surface area contributed by atoms with Crippen LogP contribution in [0, 0.1) is 0 Å². The fourth-order valence-electron chi connectivity index (χ4n) is 1.82. The molecule has 0 aliphatic rings. The lowest BCUT2D eigenvalue weighted by Gasteiger charge is -2.12. The number of nitrogens with two attached hydrogens (primary N) is 1. The standard InChI is InChI=1S/C16H17NO2/c17-15(11-13-7-3-1-4-8-13)12-19-16(18)14-9-5-2-6-10-14/h1-10,15H,11-12,17H2/t15-/m1/s1. The summed E-state index contributed by atoms with van der Waals surface area (Å²) in [5.74, 6) is -0.330. The molecule has 3 nitrogen and oxygen atoms in total. The Morgan fingerprint density at radius 3 is 2.21 bits per heavy atom. The molecule has 0 saturated heterocycles. The van der Waals surface area contributed by atoms with Crippen LogP contribution in [-0.4, -0.2) is 18.6 Å². The summed E-state index contributed by atoms with van der Waals surface area (Å²) in [5, 5.41) is 0. The van der Waals surface area contributed by atoms with Gasteiger partial charge in [0.25, 0.3) is 0 Å². The van der Waals surface area contributed by atoms with Gasteiger partial charge in [0.05, 0.1) is 5.56 Å². The van der Waals surface area contributed by atoms with Gasteiger partial charge < -0.3 is 10.5 Å². The van der Waals surface area contributed by atoms with Crippen molar-refractivity contribution >= 4 is 5.97 Å². The Balaban J connectivity index is 1.81. The zero-order valence-electron chi connectivity index (χ0n) is 10.7. The molecule has 0 spiro atoms. The fraction of sp³-hybridized carbons (Fsp3) is 0.188. The van der Waals surface area contributed by atoms with Crippen molar-refractivity contribution in [2.24, 2.45) is 5.73 Å². The fourth-order valence-corrected chi connectivity index (χ4v) is 1.82. The third-order valence-corrected chi connectivity index (χ3v) is 2.78. The molecule has 0 fully saturated rings. The second kappa shape index (κ2) is 6.71. The maximum atomic E-state index is 11.7. The minimum atomic E-state index is -0.330. The number of ether oxygens (including phenoxy) is 1. The second-order valence-electron chi connectivity index (χ2n) is 4.41. The lowest BCUT2D eigenvalue weighted by atomic mass is 10.1. The first-order chi connectivity index (χ1) is 9.25. The van der Waals surface area contributed by atoms with Crippen molar-refractivity contribution in [1.82, 2.24) is 0 Å². The zero-order valence-corrected chi connectivity index (χ0v) is 10.7. The molecule has 98 valence electrons. The van der Waals surface area contributed by atoms with E-state index in [2.05, 4.69) is 0 Å². The zero-order chi connectivity index (χ0) is 13.5. The molecule has 2 aromatic rings. The molecule has 19 heavy (non-hydrogen) atoms. The second-order valence-corrected chi connectivity index (χ2v) is 4.41. The van der Waals surface area contributed by atoms with Crippen LogP contribution >= 0.6 is 0 Å². The quantitative estimate of drug-likeness (QED) is 0.835. The topological polar surface area (TPSA) is 52.3 Å². The van der Waals surface area contributed by atoms with Gasteiger partial charge in [0.1, 0.15) is 6.61 Å². The summed E-state index contributed by atoms with van der Waals surface area (Å²) in [6.45, 7) is 0.225. The summed E-state index contributed by atoms with van der Waals surface area (Å²) in [5.41, 5.74) is 7.65. The number of esters is 1. The first-order valence-corrected chi connectivity index (χ1v) is 6.27. The third kappa shape index (κ3) is 4.23. The number of carbonyl (C=O) groups excluding carboxylic acids is 1. The summed E-state index contributed by atoms with van der Waals surface area (Å²) in [4.78, 5) is 11.7. The van der Waals surface area contributed by atoms with Crippen LogP contribution in [0.5, 0.6) is 0 Å². The van der Waals surface area contributed by atoms with E-state index in [0.717, 1.165) is 5.56 Å². The highest BCUT2D eigenvalue weighted by Crippen LogP contribution is 2.04. The molecule has 0 amide bonds. The van der Waals surface area contributed by atoms with Gasteiger partial charge in [-0.25, -0.2) is 4.79 Å². The van der Waals surface area contributed by atoms with Crippen molar-refractivity contribution in [3.63, 3.8) is 0 Å². The molecule has 0 saturated carbocycles. The number of benzene rings is 2. The molecule has 2 rings (SSSR count). The van der Waals surface area contributed by atoms with Gasteiger partial charge >= 0.3 is 5.97 Å². The van der Waals surface area contributed by atoms with Gasteiger partial charge in [-0.1, -0.05) is 48.5 Å². The van der Waals surface area contributed by atoms with Crippen LogP contribution in [0.4, 0.5) is 0 Å². The maximum absolute atomic E-state index is 11.7.